The van der Waals surface area contributed by atoms with Gasteiger partial charge in [-0.3, -0.25) is 4.79 Å². The van der Waals surface area contributed by atoms with Crippen LogP contribution in [0.5, 0.6) is 0 Å². The third kappa shape index (κ3) is 6.82. The molecule has 2 heterocycles. The summed E-state index contributed by atoms with van der Waals surface area (Å²) in [7, 11) is 0. The van der Waals surface area contributed by atoms with Crippen molar-refractivity contribution in [3.63, 3.8) is 0 Å². The zero-order valence-electron chi connectivity index (χ0n) is 21.0. The van der Waals surface area contributed by atoms with Crippen LogP contribution in [-0.4, -0.2) is 88.5 Å². The molecule has 0 spiro atoms. The van der Waals surface area contributed by atoms with Crippen LogP contribution in [0.2, 0.25) is 0 Å². The van der Waals surface area contributed by atoms with E-state index in [1.807, 2.05) is 48.5 Å². The molecule has 2 rings (SSSR count). The number of hydrogen-bond donors (Lipinski definition) is 4. The van der Waals surface area contributed by atoms with Crippen molar-refractivity contribution in [3.05, 3.63) is 12.7 Å². The van der Waals surface area contributed by atoms with Crippen molar-refractivity contribution in [2.45, 2.75) is 116 Å². The van der Waals surface area contributed by atoms with Crippen LogP contribution in [0.1, 0.15) is 61.3 Å². The summed E-state index contributed by atoms with van der Waals surface area (Å²) in [6, 6.07) is 0. The lowest BCUT2D eigenvalue weighted by Gasteiger charge is -2.45. The van der Waals surface area contributed by atoms with E-state index in [0.29, 0.717) is 19.4 Å². The van der Waals surface area contributed by atoms with E-state index in [0.717, 1.165) is 0 Å². The molecule has 0 aromatic heterocycles. The average Bonchev–Trinajstić information content (AvgIpc) is 2.85. The number of ether oxygens (including phenoxy) is 4. The molecule has 0 aromatic carbocycles. The predicted octanol–water partition coefficient (Wildman–Crippen LogP) is 1.28. The van der Waals surface area contributed by atoms with Crippen molar-refractivity contribution in [2.75, 3.05) is 13.1 Å². The van der Waals surface area contributed by atoms with Crippen LogP contribution in [0.15, 0.2) is 12.7 Å². The van der Waals surface area contributed by atoms with Gasteiger partial charge in [0.1, 0.15) is 30.5 Å². The molecule has 4 N–H and O–H groups in total. The Balaban J connectivity index is 2.13. The highest BCUT2D eigenvalue weighted by molar-refractivity contribution is 5.88. The molecular weight excluding hydrogens is 430 g/mol. The van der Waals surface area contributed by atoms with E-state index >= 15 is 0 Å². The van der Waals surface area contributed by atoms with Crippen LogP contribution < -0.4 is 5.32 Å². The molecule has 2 saturated heterocycles. The molecular formula is C24H43NO8. The molecule has 2 aliphatic heterocycles. The molecule has 0 aromatic rings. The second kappa shape index (κ2) is 10.8. The number of ketones is 1. The highest BCUT2D eigenvalue weighted by atomic mass is 16.7. The predicted molar refractivity (Wildman–Crippen MR) is 122 cm³/mol. The first-order valence-electron chi connectivity index (χ1n) is 11.7. The number of hydrogen-bond acceptors (Lipinski definition) is 9. The molecule has 2 fully saturated rings. The quantitative estimate of drug-likeness (QED) is 0.274. The molecule has 33 heavy (non-hydrogen) atoms. The van der Waals surface area contributed by atoms with Crippen molar-refractivity contribution < 1.29 is 39.1 Å². The van der Waals surface area contributed by atoms with Gasteiger partial charge in [0.25, 0.3) is 0 Å². The Labute approximate surface area is 197 Å². The Morgan fingerprint density at radius 1 is 1.12 bits per heavy atom. The third-order valence-electron chi connectivity index (χ3n) is 6.71. The molecule has 0 saturated carbocycles. The Morgan fingerprint density at radius 2 is 1.76 bits per heavy atom. The lowest BCUT2D eigenvalue weighted by atomic mass is 9.75. The van der Waals surface area contributed by atoms with Gasteiger partial charge in [-0.05, 0) is 53.7 Å². The summed E-state index contributed by atoms with van der Waals surface area (Å²) in [6.45, 7) is 17.3. The summed E-state index contributed by atoms with van der Waals surface area (Å²) in [5, 5.41) is 35.7. The fraction of sp³-hybridized carbons (Fsp3) is 0.875. The maximum absolute atomic E-state index is 11.4. The Morgan fingerprint density at radius 3 is 2.27 bits per heavy atom. The second-order valence-electron chi connectivity index (χ2n) is 11.0. The fourth-order valence-electron chi connectivity index (χ4n) is 3.88. The monoisotopic (exact) mass is 473 g/mol. The van der Waals surface area contributed by atoms with Crippen molar-refractivity contribution in [2.24, 2.45) is 5.41 Å². The van der Waals surface area contributed by atoms with Crippen LogP contribution in [0.25, 0.3) is 0 Å². The zero-order valence-corrected chi connectivity index (χ0v) is 21.0. The van der Waals surface area contributed by atoms with Gasteiger partial charge in [0.05, 0.1) is 11.2 Å². The van der Waals surface area contributed by atoms with Gasteiger partial charge in [-0.1, -0.05) is 20.4 Å². The van der Waals surface area contributed by atoms with Gasteiger partial charge in [-0.2, -0.15) is 0 Å². The molecule has 2 aliphatic rings. The normalized spacial score (nSPS) is 36.0. The number of aliphatic hydroxyl groups excluding tert-OH is 3. The first-order valence-corrected chi connectivity index (χ1v) is 11.7. The summed E-state index contributed by atoms with van der Waals surface area (Å²) in [6.07, 6.45) is -5.07. The lowest BCUT2D eigenvalue weighted by molar-refractivity contribution is -0.340. The Hall–Kier alpha value is -0.910. The van der Waals surface area contributed by atoms with E-state index in [4.69, 9.17) is 18.9 Å². The van der Waals surface area contributed by atoms with Crippen LogP contribution in [0.3, 0.4) is 0 Å². The van der Waals surface area contributed by atoms with E-state index in [-0.39, 0.29) is 12.3 Å². The first-order chi connectivity index (χ1) is 15.1. The number of carbonyl (C=O) groups is 1. The molecule has 7 atom stereocenters. The Kier molecular flexibility index (Phi) is 9.26. The van der Waals surface area contributed by atoms with Gasteiger partial charge in [-0.25, -0.2) is 0 Å². The highest BCUT2D eigenvalue weighted by Gasteiger charge is 2.57. The van der Waals surface area contributed by atoms with Crippen molar-refractivity contribution >= 4 is 5.78 Å². The smallest absolute Gasteiger partial charge is 0.187 e. The maximum atomic E-state index is 11.4. The molecule has 0 radical (unpaired) electrons. The van der Waals surface area contributed by atoms with Crippen molar-refractivity contribution in [1.82, 2.24) is 5.32 Å². The minimum atomic E-state index is -1.35. The van der Waals surface area contributed by atoms with Crippen molar-refractivity contribution in [3.8, 4) is 0 Å². The summed E-state index contributed by atoms with van der Waals surface area (Å²) in [5.41, 5.74) is -1.87. The number of aliphatic hydroxyl groups is 3. The van der Waals surface area contributed by atoms with Gasteiger partial charge >= 0.3 is 0 Å². The van der Waals surface area contributed by atoms with E-state index < -0.39 is 59.7 Å². The lowest BCUT2D eigenvalue weighted by Crippen LogP contribution is -2.63. The zero-order chi connectivity index (χ0) is 25.2. The molecule has 0 amide bonds. The van der Waals surface area contributed by atoms with Gasteiger partial charge in [-0.15, -0.1) is 0 Å². The highest BCUT2D eigenvalue weighted by Crippen LogP contribution is 2.47. The van der Waals surface area contributed by atoms with E-state index in [2.05, 4.69) is 11.9 Å². The van der Waals surface area contributed by atoms with E-state index in [1.54, 1.807) is 0 Å². The second-order valence-corrected chi connectivity index (χ2v) is 11.0. The number of carbonyl (C=O) groups excluding carboxylic acids is 1. The molecule has 0 aliphatic carbocycles. The summed E-state index contributed by atoms with van der Waals surface area (Å²) in [4.78, 5) is 11.4. The van der Waals surface area contributed by atoms with Crippen LogP contribution >= 0.6 is 0 Å². The standard InChI is InChI=1S/C24H43NO8/c1-9-14(26)11-10-12-25-13-15-18(16(27)17(28)20(30-15)32-22(2,3)4)31-21-19(29)23(5,6)24(7,8)33-21/h9,15-21,25,27-29H,1,10-13H2,2-8H3. The third-order valence-corrected chi connectivity index (χ3v) is 6.71. The molecule has 9 nitrogen and oxygen atoms in total. The largest absolute Gasteiger partial charge is 0.387 e. The Bertz CT molecular complexity index is 674. The van der Waals surface area contributed by atoms with Gasteiger partial charge in [0.15, 0.2) is 18.4 Å². The maximum Gasteiger partial charge on any atom is 0.187 e. The first kappa shape index (κ1) is 28.3. The van der Waals surface area contributed by atoms with Crippen LogP contribution in [0, 0.1) is 5.41 Å². The van der Waals surface area contributed by atoms with Crippen molar-refractivity contribution in [1.29, 1.82) is 0 Å². The number of allylic oxidation sites excluding steroid dienone is 1. The van der Waals surface area contributed by atoms with E-state index in [9.17, 15) is 20.1 Å². The van der Waals surface area contributed by atoms with Gasteiger partial charge in [0.2, 0.25) is 0 Å². The summed E-state index contributed by atoms with van der Waals surface area (Å²) in [5.74, 6) is -0.0262. The van der Waals surface area contributed by atoms with Crippen LogP contribution in [-0.2, 0) is 23.7 Å². The number of rotatable bonds is 10. The van der Waals surface area contributed by atoms with Gasteiger partial charge in [0, 0.05) is 18.4 Å². The summed E-state index contributed by atoms with van der Waals surface area (Å²) < 4.78 is 23.9. The molecule has 0 bridgehead atoms. The minimum Gasteiger partial charge on any atom is -0.387 e. The minimum absolute atomic E-state index is 0.0262. The van der Waals surface area contributed by atoms with Gasteiger partial charge < -0.3 is 39.6 Å². The fourth-order valence-corrected chi connectivity index (χ4v) is 3.88. The molecule has 9 heteroatoms. The topological polar surface area (TPSA) is 127 Å². The summed E-state index contributed by atoms with van der Waals surface area (Å²) >= 11 is 0. The number of nitrogens with one attached hydrogen (secondary N) is 1. The van der Waals surface area contributed by atoms with Crippen LogP contribution in [0.4, 0.5) is 0 Å². The molecule has 192 valence electrons. The van der Waals surface area contributed by atoms with E-state index in [1.165, 1.54) is 6.08 Å². The SMILES string of the molecule is C=CC(=O)CCCNCC1OC(OC(C)(C)C)C(O)C(O)C1OC1OC(C)(C)C(C)(C)C1O. The average molecular weight is 474 g/mol. The molecule has 7 unspecified atom stereocenters.